The highest BCUT2D eigenvalue weighted by Crippen LogP contribution is 2.44. The molecule has 0 amide bonds. The number of hydrogen-bond acceptors (Lipinski definition) is 5. The zero-order chi connectivity index (χ0) is 12.6. The van der Waals surface area contributed by atoms with Gasteiger partial charge in [-0.15, -0.1) is 12.4 Å². The molecule has 0 heterocycles. The zero-order valence-electron chi connectivity index (χ0n) is 10.5. The van der Waals surface area contributed by atoms with Gasteiger partial charge < -0.3 is 19.9 Å². The van der Waals surface area contributed by atoms with E-state index in [2.05, 4.69) is 0 Å². The number of nitrogens with two attached hydrogens (primary N) is 1. The zero-order valence-corrected chi connectivity index (χ0v) is 11.3. The summed E-state index contributed by atoms with van der Waals surface area (Å²) in [5, 5.41) is 0. The lowest BCUT2D eigenvalue weighted by atomic mass is 10.1. The number of benzene rings is 1. The number of Topliss-reactive ketones (excluding diaryl/α,β-unsaturated/α-hetero) is 1. The van der Waals surface area contributed by atoms with E-state index in [1.807, 2.05) is 0 Å². The number of ether oxygens (including phenoxy) is 3. The van der Waals surface area contributed by atoms with Crippen LogP contribution in [0.3, 0.4) is 0 Å². The second-order valence-corrected chi connectivity index (χ2v) is 3.85. The average Bonchev–Trinajstić information content (AvgIpc) is 2.63. The molecule has 1 unspecified atom stereocenters. The molecule has 0 saturated carbocycles. The van der Waals surface area contributed by atoms with Crippen molar-refractivity contribution in [3.05, 3.63) is 17.2 Å². The number of carbonyl (C=O) groups excluding carboxylic acids is 1. The predicted octanol–water partition coefficient (Wildman–Crippen LogP) is 1.20. The van der Waals surface area contributed by atoms with Gasteiger partial charge in [-0.2, -0.15) is 0 Å². The summed E-state index contributed by atoms with van der Waals surface area (Å²) in [6.45, 7) is 0. The molecule has 0 aliphatic heterocycles. The molecule has 0 spiro atoms. The second-order valence-electron chi connectivity index (χ2n) is 3.85. The minimum atomic E-state index is -0.504. The van der Waals surface area contributed by atoms with Crippen LogP contribution < -0.4 is 19.9 Å². The number of halogens is 1. The molecule has 18 heavy (non-hydrogen) atoms. The molecule has 0 bridgehead atoms. The molecule has 1 aliphatic carbocycles. The van der Waals surface area contributed by atoms with Gasteiger partial charge in [-0.25, -0.2) is 0 Å². The second kappa shape index (κ2) is 5.46. The lowest BCUT2D eigenvalue weighted by molar-refractivity contribution is 0.0974. The summed E-state index contributed by atoms with van der Waals surface area (Å²) in [6.07, 6.45) is 0.470. The highest BCUT2D eigenvalue weighted by atomic mass is 35.5. The molecular formula is C12H16ClNO4. The highest BCUT2D eigenvalue weighted by Gasteiger charge is 2.33. The Bertz CT molecular complexity index is 476. The van der Waals surface area contributed by atoms with Crippen molar-refractivity contribution in [3.8, 4) is 17.2 Å². The van der Waals surface area contributed by atoms with Crippen LogP contribution in [0.15, 0.2) is 6.07 Å². The summed E-state index contributed by atoms with van der Waals surface area (Å²) in [4.78, 5) is 11.9. The molecule has 0 aromatic heterocycles. The van der Waals surface area contributed by atoms with Crippen molar-refractivity contribution < 1.29 is 19.0 Å². The van der Waals surface area contributed by atoms with Crippen LogP contribution in [0.25, 0.3) is 0 Å². The van der Waals surface area contributed by atoms with Crippen molar-refractivity contribution in [1.82, 2.24) is 0 Å². The smallest absolute Gasteiger partial charge is 0.203 e. The monoisotopic (exact) mass is 273 g/mol. The SMILES string of the molecule is COc1cc2c(c(OC)c1OC)CC(N)C2=O.Cl. The molecule has 1 atom stereocenters. The van der Waals surface area contributed by atoms with E-state index in [0.29, 0.717) is 29.2 Å². The maximum atomic E-state index is 11.9. The third-order valence-corrected chi connectivity index (χ3v) is 2.96. The van der Waals surface area contributed by atoms with Crippen LogP contribution in [0.4, 0.5) is 0 Å². The number of fused-ring (bicyclic) bond motifs is 1. The standard InChI is InChI=1S/C12H15NO4.ClH/c1-15-9-5-6-7(4-8(13)10(6)14)11(16-2)12(9)17-3;/h5,8H,4,13H2,1-3H3;1H. The minimum absolute atomic E-state index is 0. The van der Waals surface area contributed by atoms with E-state index in [-0.39, 0.29) is 18.2 Å². The van der Waals surface area contributed by atoms with Crippen molar-refractivity contribution in [2.45, 2.75) is 12.5 Å². The fourth-order valence-corrected chi connectivity index (χ4v) is 2.15. The van der Waals surface area contributed by atoms with Crippen molar-refractivity contribution in [2.75, 3.05) is 21.3 Å². The predicted molar refractivity (Wildman–Crippen MR) is 69.4 cm³/mol. The van der Waals surface area contributed by atoms with Gasteiger partial charge in [0.05, 0.1) is 27.4 Å². The van der Waals surface area contributed by atoms with Crippen molar-refractivity contribution in [3.63, 3.8) is 0 Å². The molecule has 6 heteroatoms. The van der Waals surface area contributed by atoms with Gasteiger partial charge >= 0.3 is 0 Å². The van der Waals surface area contributed by atoms with Crippen molar-refractivity contribution in [2.24, 2.45) is 5.73 Å². The van der Waals surface area contributed by atoms with Gasteiger partial charge in [0, 0.05) is 11.1 Å². The van der Waals surface area contributed by atoms with E-state index in [9.17, 15) is 4.79 Å². The quantitative estimate of drug-likeness (QED) is 0.896. The molecule has 100 valence electrons. The van der Waals surface area contributed by atoms with E-state index in [1.165, 1.54) is 21.3 Å². The normalized spacial score (nSPS) is 16.9. The van der Waals surface area contributed by atoms with E-state index < -0.39 is 6.04 Å². The van der Waals surface area contributed by atoms with Gasteiger partial charge in [-0.05, 0) is 12.5 Å². The summed E-state index contributed by atoms with van der Waals surface area (Å²) >= 11 is 0. The number of methoxy groups -OCH3 is 3. The summed E-state index contributed by atoms with van der Waals surface area (Å²) in [6, 6.07) is 1.15. The maximum Gasteiger partial charge on any atom is 0.203 e. The lowest BCUT2D eigenvalue weighted by Crippen LogP contribution is -2.26. The number of ketones is 1. The van der Waals surface area contributed by atoms with Crippen LogP contribution in [0.2, 0.25) is 0 Å². The van der Waals surface area contributed by atoms with Gasteiger partial charge in [0.15, 0.2) is 17.3 Å². The lowest BCUT2D eigenvalue weighted by Gasteiger charge is -2.15. The Hall–Kier alpha value is -1.46. The average molecular weight is 274 g/mol. The minimum Gasteiger partial charge on any atom is -0.493 e. The molecule has 1 aromatic rings. The van der Waals surface area contributed by atoms with Gasteiger partial charge in [-0.3, -0.25) is 4.79 Å². The molecule has 0 saturated heterocycles. The molecule has 2 rings (SSSR count). The number of rotatable bonds is 3. The molecular weight excluding hydrogens is 258 g/mol. The largest absolute Gasteiger partial charge is 0.493 e. The van der Waals surface area contributed by atoms with E-state index in [1.54, 1.807) is 6.07 Å². The Balaban J connectivity index is 0.00000162. The Morgan fingerprint density at radius 3 is 2.28 bits per heavy atom. The van der Waals surface area contributed by atoms with Crippen molar-refractivity contribution >= 4 is 18.2 Å². The Morgan fingerprint density at radius 1 is 1.17 bits per heavy atom. The first-order chi connectivity index (χ1) is 8.13. The fourth-order valence-electron chi connectivity index (χ4n) is 2.15. The number of hydrogen-bond donors (Lipinski definition) is 1. The van der Waals surface area contributed by atoms with Gasteiger partial charge in [-0.1, -0.05) is 0 Å². The van der Waals surface area contributed by atoms with Gasteiger partial charge in [0.25, 0.3) is 0 Å². The first kappa shape index (κ1) is 14.6. The Labute approximate surface area is 112 Å². The van der Waals surface area contributed by atoms with E-state index in [0.717, 1.165) is 5.56 Å². The molecule has 1 aromatic carbocycles. The van der Waals surface area contributed by atoms with E-state index >= 15 is 0 Å². The molecule has 5 nitrogen and oxygen atoms in total. The summed E-state index contributed by atoms with van der Waals surface area (Å²) in [7, 11) is 4.58. The third-order valence-electron chi connectivity index (χ3n) is 2.96. The molecule has 2 N–H and O–H groups in total. The molecule has 0 radical (unpaired) electrons. The first-order valence-corrected chi connectivity index (χ1v) is 5.25. The first-order valence-electron chi connectivity index (χ1n) is 5.25. The van der Waals surface area contributed by atoms with Crippen LogP contribution in [-0.4, -0.2) is 33.2 Å². The van der Waals surface area contributed by atoms with Gasteiger partial charge in [0.1, 0.15) is 0 Å². The van der Waals surface area contributed by atoms with Crippen LogP contribution >= 0.6 is 12.4 Å². The summed E-state index contributed by atoms with van der Waals surface area (Å²) < 4.78 is 15.7. The van der Waals surface area contributed by atoms with E-state index in [4.69, 9.17) is 19.9 Å². The Kier molecular flexibility index (Phi) is 4.43. The molecule has 1 aliphatic rings. The third kappa shape index (κ3) is 2.00. The molecule has 0 fully saturated rings. The van der Waals surface area contributed by atoms with Gasteiger partial charge in [0.2, 0.25) is 5.75 Å². The van der Waals surface area contributed by atoms with Crippen LogP contribution in [0.1, 0.15) is 15.9 Å². The topological polar surface area (TPSA) is 70.8 Å². The fraction of sp³-hybridized carbons (Fsp3) is 0.417. The van der Waals surface area contributed by atoms with Crippen LogP contribution in [-0.2, 0) is 6.42 Å². The van der Waals surface area contributed by atoms with Crippen LogP contribution in [0, 0.1) is 0 Å². The summed E-state index contributed by atoms with van der Waals surface area (Å²) in [5.74, 6) is 1.42. The summed E-state index contributed by atoms with van der Waals surface area (Å²) in [5.41, 5.74) is 7.10. The number of carbonyl (C=O) groups is 1. The van der Waals surface area contributed by atoms with Crippen LogP contribution in [0.5, 0.6) is 17.2 Å². The maximum absolute atomic E-state index is 11.9. The highest BCUT2D eigenvalue weighted by molar-refractivity contribution is 6.06. The van der Waals surface area contributed by atoms with Crippen molar-refractivity contribution in [1.29, 1.82) is 0 Å². The Morgan fingerprint density at radius 2 is 1.78 bits per heavy atom.